The highest BCUT2D eigenvalue weighted by molar-refractivity contribution is 6.20. The van der Waals surface area contributed by atoms with Crippen LogP contribution in [-0.4, -0.2) is 18.5 Å². The average molecular weight is 231 g/mol. The summed E-state index contributed by atoms with van der Waals surface area (Å²) in [6.45, 7) is 3.68. The molecule has 0 aliphatic carbocycles. The molecular formula is C11H15ClO3. The summed E-state index contributed by atoms with van der Waals surface area (Å²) in [5.41, 5.74) is 0.495. The molecule has 1 aromatic rings. The van der Waals surface area contributed by atoms with Gasteiger partial charge in [-0.15, -0.1) is 11.6 Å². The first-order chi connectivity index (χ1) is 7.04. The van der Waals surface area contributed by atoms with Crippen molar-refractivity contribution >= 4 is 17.6 Å². The Morgan fingerprint density at radius 3 is 2.87 bits per heavy atom. The summed E-state index contributed by atoms with van der Waals surface area (Å²) in [6.07, 6.45) is 1.57. The van der Waals surface area contributed by atoms with E-state index in [0.29, 0.717) is 11.3 Å². The molecular weight excluding hydrogens is 216 g/mol. The van der Waals surface area contributed by atoms with Crippen molar-refractivity contribution in [2.45, 2.75) is 32.1 Å². The van der Waals surface area contributed by atoms with Crippen molar-refractivity contribution in [2.75, 3.05) is 7.11 Å². The highest BCUT2D eigenvalue weighted by atomic mass is 35.5. The molecule has 1 unspecified atom stereocenters. The predicted octanol–water partition coefficient (Wildman–Crippen LogP) is 2.93. The van der Waals surface area contributed by atoms with Crippen LogP contribution in [0.25, 0.3) is 0 Å². The van der Waals surface area contributed by atoms with Crippen molar-refractivity contribution in [3.8, 4) is 0 Å². The third-order valence-corrected chi connectivity index (χ3v) is 2.38. The molecule has 0 spiro atoms. The third kappa shape index (κ3) is 3.27. The monoisotopic (exact) mass is 230 g/mol. The van der Waals surface area contributed by atoms with Gasteiger partial charge in [0.2, 0.25) is 0 Å². The number of aryl methyl sites for hydroxylation is 2. The minimum Gasteiger partial charge on any atom is -0.465 e. The Morgan fingerprint density at radius 1 is 1.67 bits per heavy atom. The average Bonchev–Trinajstić information content (AvgIpc) is 2.55. The molecule has 0 fully saturated rings. The minimum atomic E-state index is -0.360. The fourth-order valence-corrected chi connectivity index (χ4v) is 1.43. The summed E-state index contributed by atoms with van der Waals surface area (Å²) < 4.78 is 10.1. The lowest BCUT2D eigenvalue weighted by Crippen LogP contribution is -2.00. The molecule has 0 bridgehead atoms. The maximum Gasteiger partial charge on any atom is 0.341 e. The second-order valence-electron chi connectivity index (χ2n) is 3.49. The normalized spacial score (nSPS) is 12.5. The van der Waals surface area contributed by atoms with Gasteiger partial charge in [-0.2, -0.15) is 0 Å². The first kappa shape index (κ1) is 12.1. The summed E-state index contributed by atoms with van der Waals surface area (Å²) in [4.78, 5) is 11.3. The van der Waals surface area contributed by atoms with Crippen molar-refractivity contribution < 1.29 is 13.9 Å². The lowest BCUT2D eigenvalue weighted by molar-refractivity contribution is 0.0599. The largest absolute Gasteiger partial charge is 0.465 e. The zero-order chi connectivity index (χ0) is 11.4. The highest BCUT2D eigenvalue weighted by Gasteiger charge is 2.15. The van der Waals surface area contributed by atoms with Gasteiger partial charge in [0.25, 0.3) is 0 Å². The van der Waals surface area contributed by atoms with E-state index in [-0.39, 0.29) is 11.3 Å². The summed E-state index contributed by atoms with van der Waals surface area (Å²) in [7, 11) is 1.36. The van der Waals surface area contributed by atoms with Crippen molar-refractivity contribution in [1.29, 1.82) is 0 Å². The molecule has 0 N–H and O–H groups in total. The fraction of sp³-hybridized carbons (Fsp3) is 0.545. The number of methoxy groups -OCH3 is 1. The van der Waals surface area contributed by atoms with Crippen LogP contribution in [0.4, 0.5) is 0 Å². The Labute approximate surface area is 94.4 Å². The number of alkyl halides is 1. The molecule has 0 saturated heterocycles. The first-order valence-electron chi connectivity index (χ1n) is 4.86. The van der Waals surface area contributed by atoms with Crippen LogP contribution in [0.3, 0.4) is 0 Å². The lowest BCUT2D eigenvalue weighted by Gasteiger charge is -1.98. The molecule has 0 aliphatic heterocycles. The van der Waals surface area contributed by atoms with E-state index in [1.165, 1.54) is 7.11 Å². The van der Waals surface area contributed by atoms with Gasteiger partial charge in [0.15, 0.2) is 0 Å². The van der Waals surface area contributed by atoms with E-state index < -0.39 is 0 Å². The summed E-state index contributed by atoms with van der Waals surface area (Å²) in [5, 5.41) is 0.108. The predicted molar refractivity (Wildman–Crippen MR) is 58.4 cm³/mol. The van der Waals surface area contributed by atoms with Crippen LogP contribution in [-0.2, 0) is 11.2 Å². The van der Waals surface area contributed by atoms with Crippen LogP contribution < -0.4 is 0 Å². The van der Waals surface area contributed by atoms with Gasteiger partial charge in [0.1, 0.15) is 17.1 Å². The molecule has 3 nitrogen and oxygen atoms in total. The number of carbonyl (C=O) groups is 1. The zero-order valence-corrected chi connectivity index (χ0v) is 9.93. The molecule has 1 heterocycles. The molecule has 0 aromatic carbocycles. The molecule has 0 saturated carbocycles. The van der Waals surface area contributed by atoms with Crippen molar-refractivity contribution in [1.82, 2.24) is 0 Å². The number of carbonyl (C=O) groups excluding carboxylic acids is 1. The van der Waals surface area contributed by atoms with Crippen molar-refractivity contribution in [2.24, 2.45) is 0 Å². The van der Waals surface area contributed by atoms with Gasteiger partial charge >= 0.3 is 5.97 Å². The van der Waals surface area contributed by atoms with Gasteiger partial charge in [-0.25, -0.2) is 4.79 Å². The SMILES string of the molecule is COC(=O)c1cc(CCC(C)Cl)oc1C. The molecule has 1 rings (SSSR count). The van der Waals surface area contributed by atoms with Crippen LogP contribution in [0, 0.1) is 6.92 Å². The van der Waals surface area contributed by atoms with Gasteiger partial charge in [0, 0.05) is 11.8 Å². The molecule has 1 atom stereocenters. The smallest absolute Gasteiger partial charge is 0.341 e. The maximum absolute atomic E-state index is 11.3. The van der Waals surface area contributed by atoms with E-state index in [9.17, 15) is 4.79 Å². The number of halogens is 1. The number of rotatable bonds is 4. The summed E-state index contributed by atoms with van der Waals surface area (Å²) in [5.74, 6) is 1.01. The Hall–Kier alpha value is -0.960. The van der Waals surface area contributed by atoms with E-state index in [1.54, 1.807) is 13.0 Å². The van der Waals surface area contributed by atoms with E-state index in [0.717, 1.165) is 18.6 Å². The van der Waals surface area contributed by atoms with Crippen molar-refractivity contribution in [3.05, 3.63) is 23.2 Å². The summed E-state index contributed by atoms with van der Waals surface area (Å²) >= 11 is 5.83. The van der Waals surface area contributed by atoms with Gasteiger partial charge in [-0.1, -0.05) is 0 Å². The first-order valence-corrected chi connectivity index (χ1v) is 5.30. The Morgan fingerprint density at radius 2 is 2.33 bits per heavy atom. The molecule has 0 aliphatic rings. The number of ether oxygens (including phenoxy) is 1. The second-order valence-corrected chi connectivity index (χ2v) is 4.24. The second kappa shape index (κ2) is 5.21. The minimum absolute atomic E-state index is 0.108. The lowest BCUT2D eigenvalue weighted by atomic mass is 10.2. The molecule has 1 aromatic heterocycles. The van der Waals surface area contributed by atoms with E-state index in [4.69, 9.17) is 16.0 Å². The van der Waals surface area contributed by atoms with Crippen molar-refractivity contribution in [3.63, 3.8) is 0 Å². The quantitative estimate of drug-likeness (QED) is 0.590. The Bertz CT molecular complexity index is 342. The van der Waals surface area contributed by atoms with Gasteiger partial charge in [-0.3, -0.25) is 0 Å². The Kier molecular flexibility index (Phi) is 4.21. The zero-order valence-electron chi connectivity index (χ0n) is 9.17. The van der Waals surface area contributed by atoms with Gasteiger partial charge in [0.05, 0.1) is 7.11 Å². The van der Waals surface area contributed by atoms with E-state index in [1.807, 2.05) is 6.92 Å². The highest BCUT2D eigenvalue weighted by Crippen LogP contribution is 2.18. The van der Waals surface area contributed by atoms with Gasteiger partial charge in [-0.05, 0) is 26.3 Å². The molecule has 84 valence electrons. The molecule has 4 heteroatoms. The maximum atomic E-state index is 11.3. The third-order valence-electron chi connectivity index (χ3n) is 2.16. The van der Waals surface area contributed by atoms with Crippen LogP contribution >= 0.6 is 11.6 Å². The fourth-order valence-electron chi connectivity index (χ4n) is 1.32. The Balaban J connectivity index is 2.72. The number of hydrogen-bond acceptors (Lipinski definition) is 3. The van der Waals surface area contributed by atoms with Gasteiger partial charge < -0.3 is 9.15 Å². The standard InChI is InChI=1S/C11H15ClO3/c1-7(12)4-5-9-6-10(8(2)15-9)11(13)14-3/h6-7H,4-5H2,1-3H3. The van der Waals surface area contributed by atoms with Crippen LogP contribution in [0.2, 0.25) is 0 Å². The number of esters is 1. The van der Waals surface area contributed by atoms with E-state index >= 15 is 0 Å². The topological polar surface area (TPSA) is 39.4 Å². The summed E-state index contributed by atoms with van der Waals surface area (Å²) in [6, 6.07) is 1.72. The molecule has 0 radical (unpaired) electrons. The van der Waals surface area contributed by atoms with Crippen LogP contribution in [0.5, 0.6) is 0 Å². The number of hydrogen-bond donors (Lipinski definition) is 0. The van der Waals surface area contributed by atoms with Crippen LogP contribution in [0.15, 0.2) is 10.5 Å². The van der Waals surface area contributed by atoms with Crippen LogP contribution in [0.1, 0.15) is 35.2 Å². The number of furan rings is 1. The molecule has 15 heavy (non-hydrogen) atoms. The van der Waals surface area contributed by atoms with E-state index in [2.05, 4.69) is 4.74 Å². The molecule has 0 amide bonds.